The number of phosphoric ester groups is 1. The molecule has 1 aliphatic heterocycles. The summed E-state index contributed by atoms with van der Waals surface area (Å²) in [5, 5.41) is 8.80. The van der Waals surface area contributed by atoms with Crippen molar-refractivity contribution < 1.29 is 40.6 Å². The number of hydrogen-bond acceptors (Lipinski definition) is 9. The van der Waals surface area contributed by atoms with Crippen molar-refractivity contribution in [3.63, 3.8) is 0 Å². The summed E-state index contributed by atoms with van der Waals surface area (Å²) in [5.41, 5.74) is 0.146. The predicted molar refractivity (Wildman–Crippen MR) is 77.1 cm³/mol. The lowest BCUT2D eigenvalue weighted by Gasteiger charge is -2.18. The smallest absolute Gasteiger partial charge is 0.404 e. The average Bonchev–Trinajstić information content (AvgIpc) is 2.79. The van der Waals surface area contributed by atoms with Crippen molar-refractivity contribution in [1.29, 1.82) is 0 Å². The fourth-order valence-electron chi connectivity index (χ4n) is 2.01. The summed E-state index contributed by atoms with van der Waals surface area (Å²) in [6.07, 6.45) is -1.97. The van der Waals surface area contributed by atoms with Gasteiger partial charge in [0, 0.05) is 14.2 Å². The molecule has 1 fully saturated rings. The minimum atomic E-state index is -4.19. The van der Waals surface area contributed by atoms with Gasteiger partial charge >= 0.3 is 23.9 Å². The van der Waals surface area contributed by atoms with Gasteiger partial charge in [-0.3, -0.25) is 13.8 Å². The zero-order valence-electron chi connectivity index (χ0n) is 12.2. The van der Waals surface area contributed by atoms with Crippen molar-refractivity contribution in [3.05, 3.63) is 29.8 Å². The molecule has 0 amide bonds. The van der Waals surface area contributed by atoms with Gasteiger partial charge in [-0.05, 0) is 17.7 Å². The van der Waals surface area contributed by atoms with E-state index in [0.29, 0.717) is 0 Å². The molecule has 0 spiro atoms. The van der Waals surface area contributed by atoms with Crippen molar-refractivity contribution in [2.24, 2.45) is 0 Å². The highest BCUT2D eigenvalue weighted by atomic mass is 32.2. The third kappa shape index (κ3) is 3.91. The Kier molecular flexibility index (Phi) is 5.12. The maximum atomic E-state index is 11.9. The Bertz CT molecular complexity index is 737. The second-order valence-electron chi connectivity index (χ2n) is 4.61. The third-order valence-electron chi connectivity index (χ3n) is 3.16. The maximum Gasteiger partial charge on any atom is 0.529 e. The first kappa shape index (κ1) is 17.9. The van der Waals surface area contributed by atoms with Gasteiger partial charge in [0.1, 0.15) is 11.0 Å². The summed E-state index contributed by atoms with van der Waals surface area (Å²) < 4.78 is 53.8. The summed E-state index contributed by atoms with van der Waals surface area (Å²) >= 11 is 0. The van der Waals surface area contributed by atoms with Gasteiger partial charge in [-0.25, -0.2) is 4.57 Å². The quantitative estimate of drug-likeness (QED) is 0.583. The SMILES string of the molecule is COP(=O)(OC)Oc1cccc(C(O)C2CC(=O)OS2(=O)=O)c1. The highest BCUT2D eigenvalue weighted by molar-refractivity contribution is 7.88. The molecule has 0 aromatic heterocycles. The molecule has 1 heterocycles. The molecule has 0 aliphatic carbocycles. The Morgan fingerprint density at radius 2 is 2.00 bits per heavy atom. The van der Waals surface area contributed by atoms with Crippen LogP contribution in [0.4, 0.5) is 0 Å². The molecule has 0 bridgehead atoms. The summed E-state index contributed by atoms with van der Waals surface area (Å²) in [6.45, 7) is 0. The fraction of sp³-hybridized carbons (Fsp3) is 0.417. The van der Waals surface area contributed by atoms with E-state index >= 15 is 0 Å². The van der Waals surface area contributed by atoms with Crippen LogP contribution in [0.3, 0.4) is 0 Å². The topological polar surface area (TPSA) is 125 Å². The number of carbonyl (C=O) groups excluding carboxylic acids is 1. The molecule has 0 saturated carbocycles. The monoisotopic (exact) mass is 366 g/mol. The molecule has 2 atom stereocenters. The highest BCUT2D eigenvalue weighted by Gasteiger charge is 2.44. The first-order valence-electron chi connectivity index (χ1n) is 6.36. The zero-order chi connectivity index (χ0) is 17.3. The lowest BCUT2D eigenvalue weighted by atomic mass is 10.0. The number of carbonyl (C=O) groups is 1. The van der Waals surface area contributed by atoms with Gasteiger partial charge in [0.2, 0.25) is 0 Å². The normalized spacial score (nSPS) is 21.7. The molecule has 1 aromatic carbocycles. The lowest BCUT2D eigenvalue weighted by Crippen LogP contribution is -2.23. The zero-order valence-corrected chi connectivity index (χ0v) is 14.0. The molecule has 9 nitrogen and oxygen atoms in total. The van der Waals surface area contributed by atoms with Crippen LogP contribution in [-0.4, -0.2) is 39.0 Å². The van der Waals surface area contributed by atoms with E-state index in [0.717, 1.165) is 14.2 Å². The molecule has 128 valence electrons. The van der Waals surface area contributed by atoms with Crippen molar-refractivity contribution in [3.8, 4) is 5.75 Å². The Balaban J connectivity index is 2.26. The molecule has 1 aliphatic rings. The van der Waals surface area contributed by atoms with E-state index in [4.69, 9.17) is 4.52 Å². The van der Waals surface area contributed by atoms with Gasteiger partial charge in [0.25, 0.3) is 0 Å². The predicted octanol–water partition coefficient (Wildman–Crippen LogP) is 1.15. The Hall–Kier alpha value is -1.45. The largest absolute Gasteiger partial charge is 0.529 e. The summed E-state index contributed by atoms with van der Waals surface area (Å²) in [4.78, 5) is 11.1. The minimum absolute atomic E-state index is 0.0382. The molecule has 2 unspecified atom stereocenters. The van der Waals surface area contributed by atoms with Crippen LogP contribution in [0, 0.1) is 0 Å². The van der Waals surface area contributed by atoms with Crippen LogP contribution in [-0.2, 0) is 32.7 Å². The summed E-state index contributed by atoms with van der Waals surface area (Å²) in [7, 11) is -5.71. The van der Waals surface area contributed by atoms with Crippen LogP contribution in [0.15, 0.2) is 24.3 Å². The molecule has 1 N–H and O–H groups in total. The van der Waals surface area contributed by atoms with E-state index in [9.17, 15) is 22.9 Å². The van der Waals surface area contributed by atoms with Crippen molar-refractivity contribution in [2.45, 2.75) is 17.8 Å². The second-order valence-corrected chi connectivity index (χ2v) is 8.18. The molecule has 1 aromatic rings. The van der Waals surface area contributed by atoms with Crippen molar-refractivity contribution >= 4 is 23.9 Å². The van der Waals surface area contributed by atoms with Crippen molar-refractivity contribution in [1.82, 2.24) is 0 Å². The van der Waals surface area contributed by atoms with E-state index in [1.54, 1.807) is 0 Å². The first-order valence-corrected chi connectivity index (χ1v) is 9.29. The maximum absolute atomic E-state index is 11.9. The molecule has 11 heteroatoms. The molecule has 23 heavy (non-hydrogen) atoms. The van der Waals surface area contributed by atoms with Crippen LogP contribution in [0.25, 0.3) is 0 Å². The van der Waals surface area contributed by atoms with Gasteiger partial charge in [-0.15, -0.1) is 0 Å². The molecule has 2 rings (SSSR count). The van der Waals surface area contributed by atoms with E-state index in [1.165, 1.54) is 24.3 Å². The van der Waals surface area contributed by atoms with Crippen LogP contribution in [0.1, 0.15) is 18.1 Å². The van der Waals surface area contributed by atoms with Crippen LogP contribution in [0.5, 0.6) is 5.75 Å². The van der Waals surface area contributed by atoms with Gasteiger partial charge in [-0.1, -0.05) is 12.1 Å². The highest BCUT2D eigenvalue weighted by Crippen LogP contribution is 2.48. The van der Waals surface area contributed by atoms with Crippen LogP contribution in [0.2, 0.25) is 0 Å². The average molecular weight is 366 g/mol. The van der Waals surface area contributed by atoms with Crippen LogP contribution >= 0.6 is 7.82 Å². The lowest BCUT2D eigenvalue weighted by molar-refractivity contribution is -0.132. The van der Waals surface area contributed by atoms with Gasteiger partial charge in [0.05, 0.1) is 12.5 Å². The molecule has 1 saturated heterocycles. The summed E-state index contributed by atoms with van der Waals surface area (Å²) in [5.74, 6) is -0.888. The van der Waals surface area contributed by atoms with Crippen LogP contribution < -0.4 is 4.52 Å². The number of hydrogen-bond donors (Lipinski definition) is 1. The fourth-order valence-corrected chi connectivity index (χ4v) is 3.94. The van der Waals surface area contributed by atoms with Crippen molar-refractivity contribution in [2.75, 3.05) is 14.2 Å². The second kappa shape index (κ2) is 6.58. The number of rotatable bonds is 6. The minimum Gasteiger partial charge on any atom is -0.404 e. The van der Waals surface area contributed by atoms with Gasteiger partial charge < -0.3 is 13.8 Å². The third-order valence-corrected chi connectivity index (χ3v) is 6.08. The number of aliphatic hydroxyl groups excluding tert-OH is 1. The van der Waals surface area contributed by atoms with E-state index in [-0.39, 0.29) is 11.3 Å². The number of phosphoric acid groups is 1. The van der Waals surface area contributed by atoms with E-state index in [2.05, 4.69) is 13.2 Å². The number of aliphatic hydroxyl groups is 1. The number of benzene rings is 1. The van der Waals surface area contributed by atoms with Gasteiger partial charge in [-0.2, -0.15) is 8.42 Å². The standard InChI is InChI=1S/C12H15O9PS/c1-18-22(15,19-2)20-9-5-3-4-8(6-9)12(14)10-7-11(13)21-23(10,16)17/h3-6,10,12,14H,7H2,1-2H3. The molecular formula is C12H15O9PS. The van der Waals surface area contributed by atoms with Gasteiger partial charge in [0.15, 0.2) is 0 Å². The first-order chi connectivity index (χ1) is 10.7. The summed E-state index contributed by atoms with van der Waals surface area (Å²) in [6, 6.07) is 5.58. The molecular weight excluding hydrogens is 351 g/mol. The molecule has 0 radical (unpaired) electrons. The Morgan fingerprint density at radius 3 is 2.52 bits per heavy atom. The van der Waals surface area contributed by atoms with E-state index in [1.807, 2.05) is 0 Å². The Labute approximate surface area is 132 Å². The van der Waals surface area contributed by atoms with E-state index < -0.39 is 41.7 Å². The Morgan fingerprint density at radius 1 is 1.35 bits per heavy atom.